The Morgan fingerprint density at radius 1 is 0.933 bits per heavy atom. The third-order valence-corrected chi connectivity index (χ3v) is 4.47. The van der Waals surface area contributed by atoms with Gasteiger partial charge in [-0.1, -0.05) is 18.2 Å². The van der Waals surface area contributed by atoms with Gasteiger partial charge in [0, 0.05) is 18.5 Å². The molecule has 0 radical (unpaired) electrons. The molecule has 0 atom stereocenters. The van der Waals surface area contributed by atoms with E-state index in [1.165, 1.54) is 7.11 Å². The van der Waals surface area contributed by atoms with Crippen LogP contribution in [0.25, 0.3) is 0 Å². The second-order valence-corrected chi connectivity index (χ2v) is 6.91. The van der Waals surface area contributed by atoms with Crippen LogP contribution < -0.4 is 26.2 Å². The second kappa shape index (κ2) is 10.9. The molecule has 158 valence electrons. The van der Waals surface area contributed by atoms with Gasteiger partial charge in [0.25, 0.3) is 5.91 Å². The van der Waals surface area contributed by atoms with Crippen molar-refractivity contribution >= 4 is 40.7 Å². The van der Waals surface area contributed by atoms with Crippen LogP contribution in [0.4, 0.5) is 5.69 Å². The van der Waals surface area contributed by atoms with Gasteiger partial charge in [-0.05, 0) is 61.5 Å². The zero-order chi connectivity index (χ0) is 22.1. The molecule has 0 heterocycles. The maximum Gasteiger partial charge on any atom is 0.261 e. The Balaban J connectivity index is 1.73. The summed E-state index contributed by atoms with van der Waals surface area (Å²) in [5.41, 5.74) is 7.97. The first kappa shape index (κ1) is 22.8. The van der Waals surface area contributed by atoms with Crippen molar-refractivity contribution in [1.82, 2.24) is 16.2 Å². The highest BCUT2D eigenvalue weighted by molar-refractivity contribution is 7.80. The van der Waals surface area contributed by atoms with E-state index in [0.29, 0.717) is 17.0 Å². The highest BCUT2D eigenvalue weighted by atomic mass is 32.1. The highest BCUT2D eigenvalue weighted by Gasteiger charge is 2.13. The fourth-order valence-electron chi connectivity index (χ4n) is 2.49. The number of hydrazine groups is 1. The van der Waals surface area contributed by atoms with Crippen LogP contribution >= 0.6 is 12.2 Å². The number of nitrogens with one attached hydrogen (secondary N) is 4. The fraction of sp³-hybridized carbons (Fsp3) is 0.238. The molecule has 0 spiro atoms. The Labute approximate surface area is 180 Å². The Morgan fingerprint density at radius 2 is 1.63 bits per heavy atom. The van der Waals surface area contributed by atoms with E-state index in [2.05, 4.69) is 21.5 Å². The third kappa shape index (κ3) is 6.85. The van der Waals surface area contributed by atoms with Gasteiger partial charge in [0.05, 0.1) is 12.7 Å². The molecule has 4 N–H and O–H groups in total. The summed E-state index contributed by atoms with van der Waals surface area (Å²) in [6.07, 6.45) is -0.0481. The molecule has 2 aromatic rings. The number of carbonyl (C=O) groups is 3. The topological polar surface area (TPSA) is 109 Å². The summed E-state index contributed by atoms with van der Waals surface area (Å²) < 4.78 is 5.12. The van der Waals surface area contributed by atoms with Crippen LogP contribution in [0.15, 0.2) is 42.5 Å². The Bertz CT molecular complexity index is 962. The average molecular weight is 429 g/mol. The molecular formula is C21H24N4O4S. The molecule has 9 heteroatoms. The lowest BCUT2D eigenvalue weighted by molar-refractivity contribution is -0.124. The SMILES string of the molecule is COc1ccccc1C(=O)NC(=S)NNC(=O)CCC(=O)Nc1ccc(C)c(C)c1. The highest BCUT2D eigenvalue weighted by Crippen LogP contribution is 2.17. The first-order chi connectivity index (χ1) is 14.3. The second-order valence-electron chi connectivity index (χ2n) is 6.50. The minimum Gasteiger partial charge on any atom is -0.496 e. The number of hydrogen-bond acceptors (Lipinski definition) is 5. The van der Waals surface area contributed by atoms with E-state index >= 15 is 0 Å². The molecular weight excluding hydrogens is 404 g/mol. The van der Waals surface area contributed by atoms with Gasteiger partial charge in [0.2, 0.25) is 11.8 Å². The van der Waals surface area contributed by atoms with E-state index in [0.717, 1.165) is 11.1 Å². The fourth-order valence-corrected chi connectivity index (χ4v) is 2.64. The predicted octanol–water partition coefficient (Wildman–Crippen LogP) is 2.37. The standard InChI is InChI=1S/C21H24N4O4S/c1-13-8-9-15(12-14(13)2)22-18(26)10-11-19(27)24-25-21(30)23-20(28)16-6-4-5-7-17(16)29-3/h4-9,12H,10-11H2,1-3H3,(H,22,26)(H,24,27)(H2,23,25,28,30). The number of rotatable bonds is 6. The largest absolute Gasteiger partial charge is 0.496 e. The summed E-state index contributed by atoms with van der Waals surface area (Å²) in [4.78, 5) is 36.2. The van der Waals surface area contributed by atoms with Gasteiger partial charge in [-0.3, -0.25) is 30.6 Å². The molecule has 0 fully saturated rings. The molecule has 0 saturated heterocycles. The molecule has 30 heavy (non-hydrogen) atoms. The molecule has 8 nitrogen and oxygen atoms in total. The predicted molar refractivity (Wildman–Crippen MR) is 118 cm³/mol. The number of thiocarbonyl (C=S) groups is 1. The first-order valence-electron chi connectivity index (χ1n) is 9.20. The zero-order valence-corrected chi connectivity index (χ0v) is 17.8. The summed E-state index contributed by atoms with van der Waals surface area (Å²) in [7, 11) is 1.46. The lowest BCUT2D eigenvalue weighted by Crippen LogP contribution is -2.48. The summed E-state index contributed by atoms with van der Waals surface area (Å²) in [6, 6.07) is 12.3. The van der Waals surface area contributed by atoms with Crippen LogP contribution in [0, 0.1) is 13.8 Å². The smallest absolute Gasteiger partial charge is 0.261 e. The van der Waals surface area contributed by atoms with Gasteiger partial charge < -0.3 is 10.1 Å². The van der Waals surface area contributed by atoms with Crippen molar-refractivity contribution in [3.05, 3.63) is 59.2 Å². The van der Waals surface area contributed by atoms with E-state index in [9.17, 15) is 14.4 Å². The lowest BCUT2D eigenvalue weighted by atomic mass is 10.1. The number of para-hydroxylation sites is 1. The van der Waals surface area contributed by atoms with Crippen molar-refractivity contribution in [1.29, 1.82) is 0 Å². The summed E-state index contributed by atoms with van der Waals surface area (Å²) >= 11 is 5.00. The van der Waals surface area contributed by atoms with Crippen LogP contribution in [0.1, 0.15) is 34.3 Å². The Hall–Kier alpha value is -3.46. The minimum atomic E-state index is -0.480. The molecule has 0 aliphatic carbocycles. The number of carbonyl (C=O) groups excluding carboxylic acids is 3. The van der Waals surface area contributed by atoms with Crippen LogP contribution in [0.2, 0.25) is 0 Å². The third-order valence-electron chi connectivity index (χ3n) is 4.26. The van der Waals surface area contributed by atoms with Crippen LogP contribution in [-0.2, 0) is 9.59 Å². The molecule has 0 bridgehead atoms. The monoisotopic (exact) mass is 428 g/mol. The molecule has 2 aromatic carbocycles. The molecule has 0 saturated carbocycles. The van der Waals surface area contributed by atoms with Crippen LogP contribution in [-0.4, -0.2) is 29.9 Å². The summed E-state index contributed by atoms with van der Waals surface area (Å²) in [6.45, 7) is 3.95. The van der Waals surface area contributed by atoms with Crippen molar-refractivity contribution in [2.45, 2.75) is 26.7 Å². The minimum absolute atomic E-state index is 0.000766. The molecule has 2 rings (SSSR count). The maximum atomic E-state index is 12.2. The molecule has 0 aliphatic rings. The average Bonchev–Trinajstić information content (AvgIpc) is 2.73. The Morgan fingerprint density at radius 3 is 2.33 bits per heavy atom. The molecule has 0 unspecified atom stereocenters. The van der Waals surface area contributed by atoms with Crippen LogP contribution in [0.5, 0.6) is 5.75 Å². The number of aryl methyl sites for hydroxylation is 2. The van der Waals surface area contributed by atoms with Crippen molar-refractivity contribution < 1.29 is 19.1 Å². The number of anilines is 1. The summed E-state index contributed by atoms with van der Waals surface area (Å²) in [5, 5.41) is 5.11. The number of ether oxygens (including phenoxy) is 1. The molecule has 0 aliphatic heterocycles. The number of hydrogen-bond donors (Lipinski definition) is 4. The van der Waals surface area contributed by atoms with Gasteiger partial charge >= 0.3 is 0 Å². The van der Waals surface area contributed by atoms with Crippen molar-refractivity contribution in [2.75, 3.05) is 12.4 Å². The maximum absolute atomic E-state index is 12.2. The number of methoxy groups -OCH3 is 1. The van der Waals surface area contributed by atoms with Crippen LogP contribution in [0.3, 0.4) is 0 Å². The van der Waals surface area contributed by atoms with E-state index in [4.69, 9.17) is 17.0 Å². The Kier molecular flexibility index (Phi) is 8.30. The van der Waals surface area contributed by atoms with Gasteiger partial charge in [-0.2, -0.15) is 0 Å². The normalized spacial score (nSPS) is 9.97. The first-order valence-corrected chi connectivity index (χ1v) is 9.61. The van der Waals surface area contributed by atoms with E-state index < -0.39 is 11.8 Å². The molecule has 0 aromatic heterocycles. The quantitative estimate of drug-likeness (QED) is 0.416. The zero-order valence-electron chi connectivity index (χ0n) is 17.0. The van der Waals surface area contributed by atoms with Gasteiger partial charge in [0.1, 0.15) is 5.75 Å². The van der Waals surface area contributed by atoms with Gasteiger partial charge in [-0.15, -0.1) is 0 Å². The van der Waals surface area contributed by atoms with E-state index in [1.54, 1.807) is 24.3 Å². The van der Waals surface area contributed by atoms with Gasteiger partial charge in [-0.25, -0.2) is 0 Å². The van der Waals surface area contributed by atoms with E-state index in [1.807, 2.05) is 32.0 Å². The number of amides is 3. The van der Waals surface area contributed by atoms with Crippen molar-refractivity contribution in [2.24, 2.45) is 0 Å². The van der Waals surface area contributed by atoms with Crippen molar-refractivity contribution in [3.8, 4) is 5.75 Å². The van der Waals surface area contributed by atoms with E-state index in [-0.39, 0.29) is 23.9 Å². The molecule has 3 amide bonds. The van der Waals surface area contributed by atoms with Gasteiger partial charge in [0.15, 0.2) is 5.11 Å². The number of benzene rings is 2. The summed E-state index contributed by atoms with van der Waals surface area (Å²) in [5.74, 6) is -0.803. The lowest BCUT2D eigenvalue weighted by Gasteiger charge is -2.12. The van der Waals surface area contributed by atoms with Crippen molar-refractivity contribution in [3.63, 3.8) is 0 Å².